The van der Waals surface area contributed by atoms with Crippen LogP contribution in [0.25, 0.3) is 33.2 Å². The van der Waals surface area contributed by atoms with Gasteiger partial charge in [-0.3, -0.25) is 0 Å². The second kappa shape index (κ2) is 8.65. The molecule has 0 spiro atoms. The van der Waals surface area contributed by atoms with E-state index in [1.165, 1.54) is 33.0 Å². The molecule has 3 aromatic carbocycles. The van der Waals surface area contributed by atoms with Gasteiger partial charge >= 0.3 is 37.9 Å². The van der Waals surface area contributed by atoms with E-state index in [0.29, 0.717) is 0 Å². The number of fused-ring (bicyclic) bond motifs is 1. The van der Waals surface area contributed by atoms with Crippen LogP contribution in [-0.4, -0.2) is 0 Å². The molecular formula is C22H19Cl2OZr-. The van der Waals surface area contributed by atoms with E-state index >= 15 is 0 Å². The summed E-state index contributed by atoms with van der Waals surface area (Å²) in [4.78, 5) is 0. The van der Waals surface area contributed by atoms with Crippen molar-refractivity contribution in [3.05, 3.63) is 77.6 Å². The summed E-state index contributed by atoms with van der Waals surface area (Å²) in [5.41, 5.74) is 6.23. The Bertz CT molecular complexity index is 996. The van der Waals surface area contributed by atoms with Crippen LogP contribution in [0.1, 0.15) is 16.9 Å². The zero-order valence-corrected chi connectivity index (χ0v) is 18.9. The standard InChI is InChI=1S/C22H19O.2ClH.Zr/c1-14-9-10-18-12-19(21-11-15(2)16(3)23-21)13-20(18)22(14)17-7-5-4-6-8-17;;;/h4-13H,1-3H3;2*1H;/q-1;;;+2/p-2. The molecule has 132 valence electrons. The first kappa shape index (κ1) is 19.6. The third-order valence-electron chi connectivity index (χ3n) is 4.61. The van der Waals surface area contributed by atoms with Crippen LogP contribution in [0.2, 0.25) is 0 Å². The maximum atomic E-state index is 5.91. The number of rotatable bonds is 2. The summed E-state index contributed by atoms with van der Waals surface area (Å²) in [6.07, 6.45) is 0. The quantitative estimate of drug-likeness (QED) is 0.278. The Labute approximate surface area is 173 Å². The fourth-order valence-electron chi connectivity index (χ4n) is 3.24. The van der Waals surface area contributed by atoms with Crippen molar-refractivity contribution >= 4 is 27.8 Å². The van der Waals surface area contributed by atoms with E-state index < -0.39 is 20.8 Å². The van der Waals surface area contributed by atoms with E-state index in [1.807, 2.05) is 6.92 Å². The minimum atomic E-state index is -0.826. The molecule has 26 heavy (non-hydrogen) atoms. The molecule has 0 radical (unpaired) electrons. The van der Waals surface area contributed by atoms with Crippen LogP contribution in [0.3, 0.4) is 0 Å². The number of hydrogen-bond acceptors (Lipinski definition) is 1. The van der Waals surface area contributed by atoms with Gasteiger partial charge in [-0.05, 0) is 43.5 Å². The first-order chi connectivity index (χ1) is 12.5. The van der Waals surface area contributed by atoms with Gasteiger partial charge in [-0.1, -0.05) is 47.5 Å². The van der Waals surface area contributed by atoms with Crippen molar-refractivity contribution in [3.8, 4) is 22.5 Å². The van der Waals surface area contributed by atoms with Crippen molar-refractivity contribution in [2.24, 2.45) is 0 Å². The molecule has 0 amide bonds. The zero-order valence-electron chi connectivity index (χ0n) is 14.9. The number of hydrogen-bond donors (Lipinski definition) is 0. The molecular weight excluding hydrogens is 442 g/mol. The first-order valence-corrected chi connectivity index (χ1v) is 14.7. The van der Waals surface area contributed by atoms with E-state index in [1.54, 1.807) is 0 Å². The molecule has 0 aliphatic rings. The van der Waals surface area contributed by atoms with Gasteiger partial charge in [0.2, 0.25) is 0 Å². The molecule has 4 heteroatoms. The van der Waals surface area contributed by atoms with E-state index in [2.05, 4.69) is 74.5 Å². The van der Waals surface area contributed by atoms with Crippen molar-refractivity contribution in [3.63, 3.8) is 0 Å². The van der Waals surface area contributed by atoms with Crippen LogP contribution >= 0.6 is 17.0 Å². The monoisotopic (exact) mass is 459 g/mol. The van der Waals surface area contributed by atoms with Gasteiger partial charge in [0.15, 0.2) is 0 Å². The molecule has 0 aliphatic carbocycles. The van der Waals surface area contributed by atoms with Crippen LogP contribution in [-0.2, 0) is 20.8 Å². The van der Waals surface area contributed by atoms with E-state index in [0.717, 1.165) is 17.1 Å². The predicted molar refractivity (Wildman–Crippen MR) is 109 cm³/mol. The Kier molecular flexibility index (Phi) is 6.51. The normalized spacial score (nSPS) is 10.5. The summed E-state index contributed by atoms with van der Waals surface area (Å²) in [5, 5.41) is 2.55. The van der Waals surface area contributed by atoms with Crippen LogP contribution < -0.4 is 0 Å². The van der Waals surface area contributed by atoms with Gasteiger partial charge in [0.1, 0.15) is 0 Å². The summed E-state index contributed by atoms with van der Waals surface area (Å²) in [5.74, 6) is 1.94. The summed E-state index contributed by atoms with van der Waals surface area (Å²) in [6, 6.07) is 21.6. The molecule has 0 fully saturated rings. The minimum absolute atomic E-state index is 0.826. The molecule has 1 heterocycles. The van der Waals surface area contributed by atoms with Crippen LogP contribution in [0, 0.1) is 20.8 Å². The van der Waals surface area contributed by atoms with Crippen LogP contribution in [0.4, 0.5) is 0 Å². The first-order valence-electron chi connectivity index (χ1n) is 8.34. The zero-order chi connectivity index (χ0) is 18.7. The van der Waals surface area contributed by atoms with Gasteiger partial charge < -0.3 is 4.42 Å². The molecule has 0 bridgehead atoms. The Hall–Kier alpha value is -1.21. The fourth-order valence-corrected chi connectivity index (χ4v) is 3.24. The van der Waals surface area contributed by atoms with Gasteiger partial charge in [0.25, 0.3) is 0 Å². The molecule has 0 unspecified atom stereocenters. The van der Waals surface area contributed by atoms with E-state index in [-0.39, 0.29) is 0 Å². The molecule has 0 atom stereocenters. The second-order valence-corrected chi connectivity index (χ2v) is 10.0. The predicted octanol–water partition coefficient (Wildman–Crippen LogP) is 7.79. The van der Waals surface area contributed by atoms with Crippen LogP contribution in [0.15, 0.2) is 65.1 Å². The van der Waals surface area contributed by atoms with Crippen molar-refractivity contribution < 1.29 is 25.3 Å². The fraction of sp³-hybridized carbons (Fsp3) is 0.136. The molecule has 0 N–H and O–H groups in total. The Morgan fingerprint density at radius 2 is 1.58 bits per heavy atom. The number of aryl methyl sites for hydroxylation is 3. The average Bonchev–Trinajstić information content (AvgIpc) is 3.20. The molecule has 0 aliphatic heterocycles. The van der Waals surface area contributed by atoms with E-state index in [9.17, 15) is 0 Å². The molecule has 1 aromatic heterocycles. The number of halogens is 2. The Balaban J connectivity index is 0.000000613. The van der Waals surface area contributed by atoms with Gasteiger partial charge in [-0.15, -0.1) is 29.0 Å². The summed E-state index contributed by atoms with van der Waals surface area (Å²) < 4.78 is 5.91. The molecule has 1 nitrogen and oxygen atoms in total. The molecule has 4 rings (SSSR count). The summed E-state index contributed by atoms with van der Waals surface area (Å²) in [7, 11) is 9.87. The average molecular weight is 462 g/mol. The third kappa shape index (κ3) is 4.04. The Morgan fingerprint density at radius 1 is 0.885 bits per heavy atom. The number of furan rings is 1. The van der Waals surface area contributed by atoms with Crippen molar-refractivity contribution in [2.75, 3.05) is 0 Å². The maximum absolute atomic E-state index is 5.91. The van der Waals surface area contributed by atoms with Gasteiger partial charge in [0, 0.05) is 0 Å². The molecule has 4 aromatic rings. The topological polar surface area (TPSA) is 13.1 Å². The SMILES string of the molecule is Cc1cc(-c2cc3c(-c4ccccc4)c(C)ccc3[cH-]2)oc1C.[Cl][Zr][Cl]. The van der Waals surface area contributed by atoms with Crippen molar-refractivity contribution in [1.82, 2.24) is 0 Å². The summed E-state index contributed by atoms with van der Waals surface area (Å²) >= 11 is -0.826. The Morgan fingerprint density at radius 3 is 2.19 bits per heavy atom. The van der Waals surface area contributed by atoms with E-state index in [4.69, 9.17) is 21.4 Å². The molecule has 0 saturated carbocycles. The number of benzene rings is 2. The summed E-state index contributed by atoms with van der Waals surface area (Å²) in [6.45, 7) is 6.28. The van der Waals surface area contributed by atoms with Crippen LogP contribution in [0.5, 0.6) is 0 Å². The molecule has 0 saturated heterocycles. The third-order valence-corrected chi connectivity index (χ3v) is 4.61. The second-order valence-electron chi connectivity index (χ2n) is 6.29. The van der Waals surface area contributed by atoms with Gasteiger partial charge in [-0.25, -0.2) is 0 Å². The van der Waals surface area contributed by atoms with Crippen molar-refractivity contribution in [2.45, 2.75) is 20.8 Å². The van der Waals surface area contributed by atoms with Crippen molar-refractivity contribution in [1.29, 1.82) is 0 Å². The van der Waals surface area contributed by atoms with Gasteiger partial charge in [0.05, 0.1) is 11.5 Å². The van der Waals surface area contributed by atoms with Gasteiger partial charge in [-0.2, -0.15) is 0 Å².